The van der Waals surface area contributed by atoms with Crippen LogP contribution in [0.2, 0.25) is 0 Å². The quantitative estimate of drug-likeness (QED) is 0.862. The van der Waals surface area contributed by atoms with Crippen LogP contribution in [0.4, 0.5) is 0 Å². The van der Waals surface area contributed by atoms with Crippen molar-refractivity contribution in [3.63, 3.8) is 0 Å². The van der Waals surface area contributed by atoms with E-state index in [1.54, 1.807) is 7.11 Å². The van der Waals surface area contributed by atoms with E-state index in [9.17, 15) is 0 Å². The maximum absolute atomic E-state index is 5.58. The monoisotopic (exact) mass is 229 g/mol. The number of hydrogen-bond acceptors (Lipinski definition) is 2. The molecule has 3 heteroatoms. The fourth-order valence-electron chi connectivity index (χ4n) is 1.55. The van der Waals surface area contributed by atoms with Crippen molar-refractivity contribution in [2.24, 2.45) is 5.73 Å². The Labute approximate surface area is 98.2 Å². The third kappa shape index (κ3) is 3.73. The molecule has 0 bridgehead atoms. The molecule has 0 atom stereocenters. The van der Waals surface area contributed by atoms with Gasteiger partial charge in [0.1, 0.15) is 5.75 Å². The van der Waals surface area contributed by atoms with Crippen LogP contribution in [0.15, 0.2) is 24.3 Å². The molecule has 15 heavy (non-hydrogen) atoms. The number of nitrogens with two attached hydrogens (primary N) is 1. The molecular weight excluding hydrogens is 210 g/mol. The third-order valence-electron chi connectivity index (χ3n) is 2.64. The van der Waals surface area contributed by atoms with E-state index in [4.69, 9.17) is 10.5 Å². The molecule has 0 aromatic heterocycles. The van der Waals surface area contributed by atoms with Crippen LogP contribution in [0.5, 0.6) is 5.75 Å². The summed E-state index contributed by atoms with van der Waals surface area (Å²) >= 11 is 0. The van der Waals surface area contributed by atoms with Gasteiger partial charge in [-0.1, -0.05) is 26.0 Å². The van der Waals surface area contributed by atoms with Crippen molar-refractivity contribution < 1.29 is 4.74 Å². The first kappa shape index (κ1) is 14.3. The van der Waals surface area contributed by atoms with Crippen LogP contribution in [0.3, 0.4) is 0 Å². The van der Waals surface area contributed by atoms with Crippen molar-refractivity contribution in [3.8, 4) is 5.75 Å². The maximum atomic E-state index is 5.58. The highest BCUT2D eigenvalue weighted by Gasteiger charge is 2.18. The smallest absolute Gasteiger partial charge is 0.118 e. The number of ether oxygens (including phenoxy) is 1. The molecule has 0 spiro atoms. The van der Waals surface area contributed by atoms with E-state index in [1.807, 2.05) is 12.1 Å². The van der Waals surface area contributed by atoms with E-state index >= 15 is 0 Å². The maximum Gasteiger partial charge on any atom is 0.118 e. The van der Waals surface area contributed by atoms with Crippen molar-refractivity contribution in [1.29, 1.82) is 0 Å². The molecule has 0 amide bonds. The summed E-state index contributed by atoms with van der Waals surface area (Å²) in [5, 5.41) is 0. The Kier molecular flexibility index (Phi) is 5.69. The molecule has 86 valence electrons. The van der Waals surface area contributed by atoms with Gasteiger partial charge >= 0.3 is 0 Å². The fraction of sp³-hybridized carbons (Fsp3) is 0.500. The second-order valence-electron chi connectivity index (χ2n) is 4.15. The lowest BCUT2D eigenvalue weighted by atomic mass is 9.82. The highest BCUT2D eigenvalue weighted by Crippen LogP contribution is 2.27. The molecule has 1 rings (SSSR count). The minimum absolute atomic E-state index is 0. The lowest BCUT2D eigenvalue weighted by molar-refractivity contribution is 0.413. The largest absolute Gasteiger partial charge is 0.497 e. The van der Waals surface area contributed by atoms with E-state index in [1.165, 1.54) is 5.56 Å². The van der Waals surface area contributed by atoms with Gasteiger partial charge in [-0.25, -0.2) is 0 Å². The summed E-state index contributed by atoms with van der Waals surface area (Å²) in [5.74, 6) is 0.900. The minimum atomic E-state index is 0. The van der Waals surface area contributed by atoms with Gasteiger partial charge in [0, 0.05) is 0 Å². The van der Waals surface area contributed by atoms with E-state index in [-0.39, 0.29) is 17.8 Å². The van der Waals surface area contributed by atoms with Gasteiger partial charge in [-0.05, 0) is 36.1 Å². The lowest BCUT2D eigenvalue weighted by Crippen LogP contribution is -2.21. The number of methoxy groups -OCH3 is 1. The minimum Gasteiger partial charge on any atom is -0.497 e. The van der Waals surface area contributed by atoms with Crippen molar-refractivity contribution >= 4 is 12.4 Å². The number of benzene rings is 1. The molecule has 0 aliphatic heterocycles. The molecular formula is C12H20ClNO. The van der Waals surface area contributed by atoms with Crippen LogP contribution in [-0.2, 0) is 5.41 Å². The van der Waals surface area contributed by atoms with E-state index in [0.717, 1.165) is 18.7 Å². The summed E-state index contributed by atoms with van der Waals surface area (Å²) in [6.07, 6.45) is 0.999. The topological polar surface area (TPSA) is 35.2 Å². The molecule has 0 unspecified atom stereocenters. The van der Waals surface area contributed by atoms with Gasteiger partial charge < -0.3 is 10.5 Å². The fourth-order valence-corrected chi connectivity index (χ4v) is 1.55. The summed E-state index contributed by atoms with van der Waals surface area (Å²) in [4.78, 5) is 0. The molecule has 2 N–H and O–H groups in total. The first-order valence-corrected chi connectivity index (χ1v) is 4.95. The van der Waals surface area contributed by atoms with Crippen molar-refractivity contribution in [2.45, 2.75) is 25.7 Å². The molecule has 0 heterocycles. The van der Waals surface area contributed by atoms with E-state index in [2.05, 4.69) is 26.0 Å². The Morgan fingerprint density at radius 2 is 1.73 bits per heavy atom. The molecule has 0 saturated carbocycles. The number of halogens is 1. The number of hydrogen-bond donors (Lipinski definition) is 1. The van der Waals surface area contributed by atoms with Gasteiger partial charge in [0.05, 0.1) is 7.11 Å². The van der Waals surface area contributed by atoms with Gasteiger partial charge in [-0.2, -0.15) is 0 Å². The normalized spacial score (nSPS) is 10.7. The van der Waals surface area contributed by atoms with Crippen LogP contribution >= 0.6 is 12.4 Å². The highest BCUT2D eigenvalue weighted by atomic mass is 35.5. The lowest BCUT2D eigenvalue weighted by Gasteiger charge is -2.24. The van der Waals surface area contributed by atoms with Crippen LogP contribution in [0.25, 0.3) is 0 Å². The summed E-state index contributed by atoms with van der Waals surface area (Å²) in [6, 6.07) is 8.20. The molecule has 0 fully saturated rings. The van der Waals surface area contributed by atoms with Crippen molar-refractivity contribution in [3.05, 3.63) is 29.8 Å². The first-order valence-electron chi connectivity index (χ1n) is 4.95. The summed E-state index contributed by atoms with van der Waals surface area (Å²) in [6.45, 7) is 5.14. The molecule has 0 aliphatic carbocycles. The Morgan fingerprint density at radius 1 is 1.20 bits per heavy atom. The summed E-state index contributed by atoms with van der Waals surface area (Å²) in [5.41, 5.74) is 7.05. The predicted molar refractivity (Wildman–Crippen MR) is 66.9 cm³/mol. The Bertz CT molecular complexity index is 282. The van der Waals surface area contributed by atoms with Gasteiger partial charge in [0.25, 0.3) is 0 Å². The first-order chi connectivity index (χ1) is 6.60. The van der Waals surface area contributed by atoms with Crippen LogP contribution in [-0.4, -0.2) is 13.7 Å². The second kappa shape index (κ2) is 5.99. The van der Waals surface area contributed by atoms with Crippen molar-refractivity contribution in [2.75, 3.05) is 13.7 Å². The Balaban J connectivity index is 0.00000196. The second-order valence-corrected chi connectivity index (χ2v) is 4.15. The zero-order valence-corrected chi connectivity index (χ0v) is 10.4. The zero-order valence-electron chi connectivity index (χ0n) is 9.62. The average molecular weight is 230 g/mol. The van der Waals surface area contributed by atoms with E-state index < -0.39 is 0 Å². The van der Waals surface area contributed by atoms with Gasteiger partial charge in [0.2, 0.25) is 0 Å². The predicted octanol–water partition coefficient (Wildman–Crippen LogP) is 2.74. The van der Waals surface area contributed by atoms with Crippen LogP contribution in [0.1, 0.15) is 25.8 Å². The summed E-state index contributed by atoms with van der Waals surface area (Å²) in [7, 11) is 1.68. The van der Waals surface area contributed by atoms with Crippen molar-refractivity contribution in [1.82, 2.24) is 0 Å². The van der Waals surface area contributed by atoms with Crippen LogP contribution < -0.4 is 10.5 Å². The average Bonchev–Trinajstić information content (AvgIpc) is 2.18. The highest BCUT2D eigenvalue weighted by molar-refractivity contribution is 5.85. The molecule has 1 aromatic rings. The zero-order chi connectivity index (χ0) is 10.6. The van der Waals surface area contributed by atoms with Gasteiger partial charge in [-0.15, -0.1) is 12.4 Å². The Hall–Kier alpha value is -0.730. The standard InChI is InChI=1S/C12H19NO.ClH/c1-12(2,8-9-13)10-4-6-11(14-3)7-5-10;/h4-7H,8-9,13H2,1-3H3;1H. The molecule has 2 nitrogen and oxygen atoms in total. The SMILES string of the molecule is COc1ccc(C(C)(C)CCN)cc1.Cl. The Morgan fingerprint density at radius 3 is 2.13 bits per heavy atom. The molecule has 0 radical (unpaired) electrons. The molecule has 1 aromatic carbocycles. The molecule has 0 aliphatic rings. The third-order valence-corrected chi connectivity index (χ3v) is 2.64. The number of rotatable bonds is 4. The van der Waals surface area contributed by atoms with Crippen LogP contribution in [0, 0.1) is 0 Å². The molecule has 0 saturated heterocycles. The van der Waals surface area contributed by atoms with Gasteiger partial charge in [-0.3, -0.25) is 0 Å². The van der Waals surface area contributed by atoms with Gasteiger partial charge in [0.15, 0.2) is 0 Å². The van der Waals surface area contributed by atoms with E-state index in [0.29, 0.717) is 0 Å². The summed E-state index contributed by atoms with van der Waals surface area (Å²) < 4.78 is 5.12.